The molecule has 4 nitrogen and oxygen atoms in total. The van der Waals surface area contributed by atoms with Crippen molar-refractivity contribution in [2.75, 3.05) is 32.8 Å². The maximum atomic E-state index is 9.04. The summed E-state index contributed by atoms with van der Waals surface area (Å²) in [6.07, 6.45) is 5.36. The SMILES string of the molecule is CC1=CC(C)(OCCO)CC=C1N1CCNCC1c1ccc(C)cc1. The number of piperazine rings is 1. The lowest BCUT2D eigenvalue weighted by Gasteiger charge is -2.42. The molecule has 1 aliphatic carbocycles. The second kappa shape index (κ2) is 7.73. The van der Waals surface area contributed by atoms with Crippen LogP contribution in [0.3, 0.4) is 0 Å². The van der Waals surface area contributed by atoms with Crippen molar-refractivity contribution in [3.63, 3.8) is 0 Å². The van der Waals surface area contributed by atoms with Crippen LogP contribution in [0.1, 0.15) is 37.4 Å². The Hall–Kier alpha value is -1.62. The van der Waals surface area contributed by atoms with Gasteiger partial charge in [0, 0.05) is 31.8 Å². The summed E-state index contributed by atoms with van der Waals surface area (Å²) in [6.45, 7) is 9.80. The van der Waals surface area contributed by atoms with Crippen molar-refractivity contribution in [2.24, 2.45) is 0 Å². The zero-order valence-electron chi connectivity index (χ0n) is 15.6. The van der Waals surface area contributed by atoms with Gasteiger partial charge in [0.15, 0.2) is 0 Å². The van der Waals surface area contributed by atoms with Crippen molar-refractivity contribution < 1.29 is 9.84 Å². The molecule has 0 spiro atoms. The number of nitrogens with zero attached hydrogens (tertiary/aromatic N) is 1. The smallest absolute Gasteiger partial charge is 0.0877 e. The average molecular weight is 342 g/mol. The van der Waals surface area contributed by atoms with Crippen LogP contribution >= 0.6 is 0 Å². The van der Waals surface area contributed by atoms with E-state index in [4.69, 9.17) is 9.84 Å². The van der Waals surface area contributed by atoms with Crippen molar-refractivity contribution in [3.8, 4) is 0 Å². The summed E-state index contributed by atoms with van der Waals surface area (Å²) >= 11 is 0. The first-order valence-electron chi connectivity index (χ1n) is 9.21. The minimum atomic E-state index is -0.316. The molecule has 0 radical (unpaired) electrons. The molecule has 25 heavy (non-hydrogen) atoms. The van der Waals surface area contributed by atoms with E-state index in [0.717, 1.165) is 26.1 Å². The Kier molecular flexibility index (Phi) is 5.62. The fourth-order valence-electron chi connectivity index (χ4n) is 3.85. The first-order valence-corrected chi connectivity index (χ1v) is 9.21. The second-order valence-corrected chi connectivity index (χ2v) is 7.33. The number of aliphatic hydroxyl groups excluding tert-OH is 1. The normalized spacial score (nSPS) is 27.0. The number of aryl methyl sites for hydroxylation is 1. The Morgan fingerprint density at radius 3 is 2.72 bits per heavy atom. The molecule has 2 atom stereocenters. The molecule has 0 saturated carbocycles. The fraction of sp³-hybridized carbons (Fsp3) is 0.524. The highest BCUT2D eigenvalue weighted by atomic mass is 16.5. The largest absolute Gasteiger partial charge is 0.394 e. The van der Waals surface area contributed by atoms with Gasteiger partial charge in [-0.3, -0.25) is 0 Å². The Labute approximate surface area is 151 Å². The summed E-state index contributed by atoms with van der Waals surface area (Å²) in [5, 5.41) is 12.6. The molecule has 0 aromatic heterocycles. The maximum absolute atomic E-state index is 9.04. The molecule has 1 aliphatic heterocycles. The molecule has 3 rings (SSSR count). The van der Waals surface area contributed by atoms with E-state index < -0.39 is 0 Å². The van der Waals surface area contributed by atoms with Crippen molar-refractivity contribution in [2.45, 2.75) is 38.8 Å². The molecular weight excluding hydrogens is 312 g/mol. The molecule has 1 saturated heterocycles. The average Bonchev–Trinajstić information content (AvgIpc) is 2.61. The molecule has 1 aromatic rings. The Balaban J connectivity index is 1.81. The van der Waals surface area contributed by atoms with Crippen LogP contribution in [-0.2, 0) is 4.74 Å². The highest BCUT2D eigenvalue weighted by molar-refractivity contribution is 5.37. The van der Waals surface area contributed by atoms with E-state index in [0.29, 0.717) is 12.6 Å². The number of benzene rings is 1. The van der Waals surface area contributed by atoms with Gasteiger partial charge in [-0.15, -0.1) is 0 Å². The standard InChI is InChI=1S/C21H30N2O2/c1-16-4-6-18(7-5-16)20-15-22-10-11-23(20)19-8-9-21(3,14-17(19)2)25-13-12-24/h4-8,14,20,22,24H,9-13,15H2,1-3H3. The van der Waals surface area contributed by atoms with Gasteiger partial charge in [0.05, 0.1) is 24.9 Å². The number of ether oxygens (including phenoxy) is 1. The number of allylic oxidation sites excluding steroid dienone is 1. The van der Waals surface area contributed by atoms with Gasteiger partial charge in [0.25, 0.3) is 0 Å². The van der Waals surface area contributed by atoms with Crippen LogP contribution < -0.4 is 5.32 Å². The second-order valence-electron chi connectivity index (χ2n) is 7.33. The van der Waals surface area contributed by atoms with Gasteiger partial charge in [-0.25, -0.2) is 0 Å². The van der Waals surface area contributed by atoms with Crippen LogP contribution in [0.4, 0.5) is 0 Å². The van der Waals surface area contributed by atoms with Gasteiger partial charge in [-0.1, -0.05) is 35.9 Å². The van der Waals surface area contributed by atoms with Gasteiger partial charge in [-0.05, 0) is 38.0 Å². The van der Waals surface area contributed by atoms with E-state index in [1.165, 1.54) is 22.4 Å². The third-order valence-corrected chi connectivity index (χ3v) is 5.16. The Bertz CT molecular complexity index is 650. The number of hydrogen-bond donors (Lipinski definition) is 2. The lowest BCUT2D eigenvalue weighted by atomic mass is 9.89. The minimum Gasteiger partial charge on any atom is -0.394 e. The van der Waals surface area contributed by atoms with Crippen molar-refractivity contribution in [3.05, 3.63) is 58.8 Å². The fourth-order valence-corrected chi connectivity index (χ4v) is 3.85. The monoisotopic (exact) mass is 342 g/mol. The minimum absolute atomic E-state index is 0.0618. The van der Waals surface area contributed by atoms with E-state index in [1.807, 2.05) is 0 Å². The van der Waals surface area contributed by atoms with Crippen molar-refractivity contribution >= 4 is 0 Å². The van der Waals surface area contributed by atoms with E-state index in [9.17, 15) is 0 Å². The number of rotatable bonds is 5. The zero-order valence-corrected chi connectivity index (χ0v) is 15.6. The molecule has 0 bridgehead atoms. The molecular formula is C21H30N2O2. The topological polar surface area (TPSA) is 44.7 Å². The predicted octanol–water partition coefficient (Wildman–Crippen LogP) is 2.94. The molecule has 0 amide bonds. The highest BCUT2D eigenvalue weighted by Crippen LogP contribution is 2.35. The van der Waals surface area contributed by atoms with Crippen LogP contribution in [0.5, 0.6) is 0 Å². The van der Waals surface area contributed by atoms with E-state index >= 15 is 0 Å². The summed E-state index contributed by atoms with van der Waals surface area (Å²) in [5.41, 5.74) is 4.91. The van der Waals surface area contributed by atoms with E-state index in [1.54, 1.807) is 0 Å². The number of nitrogens with one attached hydrogen (secondary N) is 1. The summed E-state index contributed by atoms with van der Waals surface area (Å²) in [7, 11) is 0. The molecule has 2 aliphatic rings. The molecule has 4 heteroatoms. The van der Waals surface area contributed by atoms with Gasteiger partial charge in [-0.2, -0.15) is 0 Å². The first kappa shape index (κ1) is 18.2. The van der Waals surface area contributed by atoms with Gasteiger partial charge >= 0.3 is 0 Å². The van der Waals surface area contributed by atoms with Crippen molar-refractivity contribution in [1.29, 1.82) is 0 Å². The lowest BCUT2D eigenvalue weighted by molar-refractivity contribution is -0.0127. The van der Waals surface area contributed by atoms with Gasteiger partial charge in [0.2, 0.25) is 0 Å². The third-order valence-electron chi connectivity index (χ3n) is 5.16. The molecule has 2 N–H and O–H groups in total. The van der Waals surface area contributed by atoms with Crippen LogP contribution in [0.25, 0.3) is 0 Å². The molecule has 136 valence electrons. The summed E-state index contributed by atoms with van der Waals surface area (Å²) < 4.78 is 5.85. The Morgan fingerprint density at radius 2 is 2.04 bits per heavy atom. The molecule has 1 aromatic carbocycles. The molecule has 1 fully saturated rings. The predicted molar refractivity (Wildman–Crippen MR) is 101 cm³/mol. The molecule has 2 unspecified atom stereocenters. The van der Waals surface area contributed by atoms with Crippen LogP contribution in [0.2, 0.25) is 0 Å². The highest BCUT2D eigenvalue weighted by Gasteiger charge is 2.31. The summed E-state index contributed by atoms with van der Waals surface area (Å²) in [5.74, 6) is 0. The van der Waals surface area contributed by atoms with Crippen LogP contribution in [0.15, 0.2) is 47.7 Å². The third kappa shape index (κ3) is 4.14. The van der Waals surface area contributed by atoms with Crippen LogP contribution in [0, 0.1) is 6.92 Å². The van der Waals surface area contributed by atoms with E-state index in [-0.39, 0.29) is 12.2 Å². The van der Waals surface area contributed by atoms with Gasteiger partial charge in [0.1, 0.15) is 0 Å². The zero-order chi connectivity index (χ0) is 17.9. The maximum Gasteiger partial charge on any atom is 0.0877 e. The van der Waals surface area contributed by atoms with Gasteiger partial charge < -0.3 is 20.1 Å². The number of hydrogen-bond acceptors (Lipinski definition) is 4. The lowest BCUT2D eigenvalue weighted by Crippen LogP contribution is -2.46. The summed E-state index contributed by atoms with van der Waals surface area (Å²) in [6, 6.07) is 9.24. The quantitative estimate of drug-likeness (QED) is 0.864. The van der Waals surface area contributed by atoms with Crippen LogP contribution in [-0.4, -0.2) is 48.5 Å². The molecule has 1 heterocycles. The first-order chi connectivity index (χ1) is 12.0. The Morgan fingerprint density at radius 1 is 1.28 bits per heavy atom. The number of aliphatic hydroxyl groups is 1. The van der Waals surface area contributed by atoms with E-state index in [2.05, 4.69) is 67.4 Å². The summed E-state index contributed by atoms with van der Waals surface area (Å²) in [4.78, 5) is 2.53. The van der Waals surface area contributed by atoms with Crippen molar-refractivity contribution in [1.82, 2.24) is 10.2 Å².